The average Bonchev–Trinajstić information content (AvgIpc) is 2.78. The zero-order valence-corrected chi connectivity index (χ0v) is 12.3. The number of hydrogen-bond acceptors (Lipinski definition) is 6. The van der Waals surface area contributed by atoms with Crippen molar-refractivity contribution in [1.82, 2.24) is 10.3 Å². The second-order valence-corrected chi connectivity index (χ2v) is 6.54. The predicted octanol–water partition coefficient (Wildman–Crippen LogP) is 2.28. The summed E-state index contributed by atoms with van der Waals surface area (Å²) in [4.78, 5) is 16.3. The fraction of sp³-hybridized carbons (Fsp3) is 0.385. The second kappa shape index (κ2) is 7.00. The SMILES string of the molecule is CC(CC(=O)Sc1nc2ccccc2s1)NCCO. The maximum atomic E-state index is 11.9. The van der Waals surface area contributed by atoms with Crippen molar-refractivity contribution in [3.8, 4) is 0 Å². The summed E-state index contributed by atoms with van der Waals surface area (Å²) in [6, 6.07) is 7.94. The van der Waals surface area contributed by atoms with Crippen LogP contribution in [0.25, 0.3) is 10.2 Å². The Labute approximate surface area is 120 Å². The van der Waals surface area contributed by atoms with E-state index in [2.05, 4.69) is 10.3 Å². The van der Waals surface area contributed by atoms with Gasteiger partial charge in [-0.1, -0.05) is 12.1 Å². The van der Waals surface area contributed by atoms with E-state index in [9.17, 15) is 4.79 Å². The quantitative estimate of drug-likeness (QED) is 0.801. The van der Waals surface area contributed by atoms with Crippen LogP contribution in [-0.4, -0.2) is 34.4 Å². The standard InChI is InChI=1S/C13H16N2O2S2/c1-9(14-6-7-16)8-12(17)19-13-15-10-4-2-3-5-11(10)18-13/h2-5,9,14,16H,6-8H2,1H3. The molecule has 2 rings (SSSR count). The third-order valence-corrected chi connectivity index (χ3v) is 4.54. The normalized spacial score (nSPS) is 12.7. The van der Waals surface area contributed by atoms with Crippen molar-refractivity contribution in [2.24, 2.45) is 0 Å². The van der Waals surface area contributed by atoms with Gasteiger partial charge in [0.1, 0.15) is 0 Å². The largest absolute Gasteiger partial charge is 0.395 e. The molecule has 0 aliphatic rings. The van der Waals surface area contributed by atoms with Gasteiger partial charge in [0.05, 0.1) is 16.8 Å². The minimum absolute atomic E-state index is 0.0709. The number of carbonyl (C=O) groups excluding carboxylic acids is 1. The van der Waals surface area contributed by atoms with E-state index < -0.39 is 0 Å². The van der Waals surface area contributed by atoms with Crippen molar-refractivity contribution < 1.29 is 9.90 Å². The molecular weight excluding hydrogens is 280 g/mol. The van der Waals surface area contributed by atoms with Crippen LogP contribution in [0.5, 0.6) is 0 Å². The Bertz CT molecular complexity index is 523. The molecule has 0 bridgehead atoms. The smallest absolute Gasteiger partial charge is 0.197 e. The summed E-state index contributed by atoms with van der Waals surface area (Å²) in [7, 11) is 0. The Balaban J connectivity index is 1.91. The topological polar surface area (TPSA) is 62.2 Å². The summed E-state index contributed by atoms with van der Waals surface area (Å²) in [5.74, 6) is 0. The first-order valence-corrected chi connectivity index (χ1v) is 7.73. The lowest BCUT2D eigenvalue weighted by atomic mass is 10.2. The van der Waals surface area contributed by atoms with Crippen LogP contribution in [0.15, 0.2) is 28.6 Å². The van der Waals surface area contributed by atoms with Gasteiger partial charge in [-0.25, -0.2) is 4.98 Å². The molecule has 0 fully saturated rings. The highest BCUT2D eigenvalue weighted by atomic mass is 32.2. The number of thioether (sulfide) groups is 1. The second-order valence-electron chi connectivity index (χ2n) is 4.20. The molecular formula is C13H16N2O2S2. The highest BCUT2D eigenvalue weighted by Crippen LogP contribution is 2.30. The average molecular weight is 296 g/mol. The number of benzene rings is 1. The van der Waals surface area contributed by atoms with Gasteiger partial charge in [-0.15, -0.1) is 11.3 Å². The molecule has 0 radical (unpaired) electrons. The molecule has 2 aromatic rings. The zero-order chi connectivity index (χ0) is 13.7. The van der Waals surface area contributed by atoms with E-state index in [0.29, 0.717) is 13.0 Å². The Morgan fingerprint density at radius 1 is 1.53 bits per heavy atom. The molecule has 0 amide bonds. The van der Waals surface area contributed by atoms with Crippen LogP contribution in [-0.2, 0) is 4.79 Å². The van der Waals surface area contributed by atoms with Crippen molar-refractivity contribution in [3.05, 3.63) is 24.3 Å². The number of nitrogens with one attached hydrogen (secondary N) is 1. The number of hydrogen-bond donors (Lipinski definition) is 2. The minimum atomic E-state index is 0.0709. The van der Waals surface area contributed by atoms with Crippen LogP contribution in [0.1, 0.15) is 13.3 Å². The number of thiazole rings is 1. The van der Waals surface area contributed by atoms with Crippen LogP contribution < -0.4 is 5.32 Å². The van der Waals surface area contributed by atoms with Gasteiger partial charge in [-0.3, -0.25) is 4.79 Å². The molecule has 0 aliphatic heterocycles. The predicted molar refractivity (Wildman–Crippen MR) is 79.7 cm³/mol. The first-order chi connectivity index (χ1) is 9.19. The molecule has 1 aromatic carbocycles. The van der Waals surface area contributed by atoms with Gasteiger partial charge in [-0.05, 0) is 30.8 Å². The van der Waals surface area contributed by atoms with Gasteiger partial charge < -0.3 is 10.4 Å². The van der Waals surface area contributed by atoms with Crippen molar-refractivity contribution >= 4 is 38.4 Å². The molecule has 0 saturated heterocycles. The maximum Gasteiger partial charge on any atom is 0.197 e. The minimum Gasteiger partial charge on any atom is -0.395 e. The Hall–Kier alpha value is -0.950. The lowest BCUT2D eigenvalue weighted by molar-refractivity contribution is -0.111. The lowest BCUT2D eigenvalue weighted by Crippen LogP contribution is -2.30. The number of fused-ring (bicyclic) bond motifs is 1. The third kappa shape index (κ3) is 4.28. The number of aromatic nitrogens is 1. The zero-order valence-electron chi connectivity index (χ0n) is 10.6. The monoisotopic (exact) mass is 296 g/mol. The number of aliphatic hydroxyl groups excluding tert-OH is 1. The Morgan fingerprint density at radius 3 is 3.05 bits per heavy atom. The molecule has 0 aliphatic carbocycles. The fourth-order valence-corrected chi connectivity index (χ4v) is 3.75. The van der Waals surface area contributed by atoms with E-state index in [0.717, 1.165) is 14.6 Å². The molecule has 4 nitrogen and oxygen atoms in total. The number of para-hydroxylation sites is 1. The summed E-state index contributed by atoms with van der Waals surface area (Å²) in [6.07, 6.45) is 0.431. The number of nitrogens with zero attached hydrogens (tertiary/aromatic N) is 1. The highest BCUT2D eigenvalue weighted by Gasteiger charge is 2.13. The van der Waals surface area contributed by atoms with Gasteiger partial charge in [-0.2, -0.15) is 0 Å². The van der Waals surface area contributed by atoms with Crippen molar-refractivity contribution in [3.63, 3.8) is 0 Å². The molecule has 1 heterocycles. The first-order valence-electron chi connectivity index (χ1n) is 6.09. The first kappa shape index (κ1) is 14.5. The maximum absolute atomic E-state index is 11.9. The molecule has 2 N–H and O–H groups in total. The van der Waals surface area contributed by atoms with Gasteiger partial charge in [0.15, 0.2) is 9.45 Å². The van der Waals surface area contributed by atoms with Gasteiger partial charge in [0.25, 0.3) is 0 Å². The van der Waals surface area contributed by atoms with E-state index in [4.69, 9.17) is 5.11 Å². The molecule has 102 valence electrons. The van der Waals surface area contributed by atoms with Gasteiger partial charge in [0.2, 0.25) is 0 Å². The fourth-order valence-electron chi connectivity index (χ4n) is 1.67. The summed E-state index contributed by atoms with van der Waals surface area (Å²) in [5, 5.41) is 11.9. The molecule has 1 aromatic heterocycles. The molecule has 6 heteroatoms. The lowest BCUT2D eigenvalue weighted by Gasteiger charge is -2.10. The van der Waals surface area contributed by atoms with Crippen LogP contribution in [0.2, 0.25) is 0 Å². The van der Waals surface area contributed by atoms with Crippen molar-refractivity contribution in [1.29, 1.82) is 0 Å². The Morgan fingerprint density at radius 2 is 2.32 bits per heavy atom. The van der Waals surface area contributed by atoms with E-state index in [-0.39, 0.29) is 17.8 Å². The number of carbonyl (C=O) groups is 1. The van der Waals surface area contributed by atoms with E-state index in [1.165, 1.54) is 11.8 Å². The van der Waals surface area contributed by atoms with Crippen molar-refractivity contribution in [2.75, 3.05) is 13.2 Å². The van der Waals surface area contributed by atoms with Crippen molar-refractivity contribution in [2.45, 2.75) is 23.7 Å². The highest BCUT2D eigenvalue weighted by molar-refractivity contribution is 8.15. The van der Waals surface area contributed by atoms with E-state index in [1.54, 1.807) is 11.3 Å². The molecule has 19 heavy (non-hydrogen) atoms. The summed E-state index contributed by atoms with van der Waals surface area (Å²) >= 11 is 2.74. The summed E-state index contributed by atoms with van der Waals surface area (Å²) in [6.45, 7) is 2.54. The van der Waals surface area contributed by atoms with Gasteiger partial charge >= 0.3 is 0 Å². The number of rotatable bonds is 6. The van der Waals surface area contributed by atoms with Gasteiger partial charge in [0, 0.05) is 19.0 Å². The van der Waals surface area contributed by atoms with Crippen LogP contribution in [0.3, 0.4) is 0 Å². The van der Waals surface area contributed by atoms with E-state index in [1.807, 2.05) is 31.2 Å². The molecule has 1 unspecified atom stereocenters. The third-order valence-electron chi connectivity index (χ3n) is 2.55. The molecule has 1 atom stereocenters. The Kier molecular flexibility index (Phi) is 5.33. The van der Waals surface area contributed by atoms with Crippen LogP contribution in [0.4, 0.5) is 0 Å². The summed E-state index contributed by atoms with van der Waals surface area (Å²) < 4.78 is 1.89. The molecule has 0 spiro atoms. The number of aliphatic hydroxyl groups is 1. The molecule has 0 saturated carbocycles. The van der Waals surface area contributed by atoms with Crippen LogP contribution in [0, 0.1) is 0 Å². The summed E-state index contributed by atoms with van der Waals surface area (Å²) in [5.41, 5.74) is 0.939. The van der Waals surface area contributed by atoms with Crippen LogP contribution >= 0.6 is 23.1 Å². The van der Waals surface area contributed by atoms with E-state index >= 15 is 0 Å².